The van der Waals surface area contributed by atoms with Gasteiger partial charge in [0.1, 0.15) is 17.5 Å². The second kappa shape index (κ2) is 7.13. The highest BCUT2D eigenvalue weighted by atomic mass is 16.5. The van der Waals surface area contributed by atoms with E-state index in [0.717, 1.165) is 25.6 Å². The van der Waals surface area contributed by atoms with Gasteiger partial charge < -0.3 is 20.1 Å². The van der Waals surface area contributed by atoms with Gasteiger partial charge in [-0.25, -0.2) is 9.97 Å². The van der Waals surface area contributed by atoms with E-state index >= 15 is 0 Å². The van der Waals surface area contributed by atoms with Crippen LogP contribution in [0.3, 0.4) is 0 Å². The molecule has 1 saturated heterocycles. The van der Waals surface area contributed by atoms with Gasteiger partial charge in [0, 0.05) is 26.8 Å². The molecule has 6 heteroatoms. The number of rotatable bonds is 1. The molecule has 1 unspecified atom stereocenters. The Morgan fingerprint density at radius 1 is 1.44 bits per heavy atom. The van der Waals surface area contributed by atoms with Gasteiger partial charge in [-0.3, -0.25) is 0 Å². The first-order chi connectivity index (χ1) is 8.58. The van der Waals surface area contributed by atoms with Gasteiger partial charge in [0.2, 0.25) is 0 Å². The van der Waals surface area contributed by atoms with Crippen LogP contribution >= 0.6 is 0 Å². The van der Waals surface area contributed by atoms with Crippen LogP contribution in [0.15, 0.2) is 6.07 Å². The van der Waals surface area contributed by atoms with Gasteiger partial charge in [0.25, 0.3) is 0 Å². The quantitative estimate of drug-likeness (QED) is 0.801. The SMILES string of the molecule is COC.Cc1nc(N)cc(N2CCOCC2C)n1. The molecule has 2 heterocycles. The number of methoxy groups -OCH3 is 1. The van der Waals surface area contributed by atoms with Crippen molar-refractivity contribution in [1.29, 1.82) is 0 Å². The van der Waals surface area contributed by atoms with Crippen molar-refractivity contribution in [2.45, 2.75) is 19.9 Å². The molecule has 0 bridgehead atoms. The first-order valence-corrected chi connectivity index (χ1v) is 5.94. The molecule has 0 amide bonds. The summed E-state index contributed by atoms with van der Waals surface area (Å²) in [7, 11) is 3.25. The van der Waals surface area contributed by atoms with Crippen molar-refractivity contribution in [2.24, 2.45) is 0 Å². The minimum atomic E-state index is 0.340. The minimum absolute atomic E-state index is 0.340. The predicted molar refractivity (Wildman–Crippen MR) is 71.7 cm³/mol. The average Bonchev–Trinajstić information content (AvgIpc) is 2.29. The lowest BCUT2D eigenvalue weighted by atomic mass is 10.2. The van der Waals surface area contributed by atoms with Crippen LogP contribution in [-0.4, -0.2) is 50.0 Å². The summed E-state index contributed by atoms with van der Waals surface area (Å²) in [4.78, 5) is 10.7. The van der Waals surface area contributed by atoms with E-state index in [1.54, 1.807) is 14.2 Å². The number of ether oxygens (including phenoxy) is 2. The number of aromatic nitrogens is 2. The molecule has 0 aromatic carbocycles. The third-order valence-corrected chi connectivity index (χ3v) is 2.51. The first kappa shape index (κ1) is 14.7. The Bertz CT molecular complexity index is 353. The Kier molecular flexibility index (Phi) is 5.80. The number of hydrogen-bond donors (Lipinski definition) is 1. The van der Waals surface area contributed by atoms with Gasteiger partial charge >= 0.3 is 0 Å². The first-order valence-electron chi connectivity index (χ1n) is 5.94. The Morgan fingerprint density at radius 3 is 2.67 bits per heavy atom. The fourth-order valence-corrected chi connectivity index (χ4v) is 1.79. The number of anilines is 2. The normalized spacial score (nSPS) is 19.1. The highest BCUT2D eigenvalue weighted by molar-refractivity contribution is 5.47. The number of nitrogens with zero attached hydrogens (tertiary/aromatic N) is 3. The number of nitrogen functional groups attached to an aromatic ring is 1. The summed E-state index contributed by atoms with van der Waals surface area (Å²) in [5.74, 6) is 2.13. The van der Waals surface area contributed by atoms with Crippen molar-refractivity contribution in [1.82, 2.24) is 9.97 Å². The molecular formula is C12H22N4O2. The average molecular weight is 254 g/mol. The van der Waals surface area contributed by atoms with Gasteiger partial charge in [-0.15, -0.1) is 0 Å². The van der Waals surface area contributed by atoms with Crippen molar-refractivity contribution in [2.75, 3.05) is 44.6 Å². The molecule has 0 radical (unpaired) electrons. The summed E-state index contributed by atoms with van der Waals surface area (Å²) in [5.41, 5.74) is 5.70. The van der Waals surface area contributed by atoms with Crippen LogP contribution in [0.2, 0.25) is 0 Å². The van der Waals surface area contributed by atoms with Crippen LogP contribution in [0, 0.1) is 6.92 Å². The molecule has 2 N–H and O–H groups in total. The van der Waals surface area contributed by atoms with Crippen LogP contribution in [0.1, 0.15) is 12.7 Å². The Balaban J connectivity index is 0.000000492. The third kappa shape index (κ3) is 4.12. The summed E-state index contributed by atoms with van der Waals surface area (Å²) in [6, 6.07) is 2.15. The van der Waals surface area contributed by atoms with Crippen molar-refractivity contribution in [3.05, 3.63) is 11.9 Å². The van der Waals surface area contributed by atoms with E-state index in [9.17, 15) is 0 Å². The molecule has 2 rings (SSSR count). The summed E-state index contributed by atoms with van der Waals surface area (Å²) in [6.45, 7) is 6.31. The van der Waals surface area contributed by atoms with Crippen LogP contribution in [0.25, 0.3) is 0 Å². The maximum absolute atomic E-state index is 5.70. The van der Waals surface area contributed by atoms with Gasteiger partial charge in [-0.2, -0.15) is 0 Å². The van der Waals surface area contributed by atoms with Crippen LogP contribution in [-0.2, 0) is 9.47 Å². The van der Waals surface area contributed by atoms with Crippen LogP contribution in [0.5, 0.6) is 0 Å². The lowest BCUT2D eigenvalue weighted by Gasteiger charge is -2.34. The number of morpholine rings is 1. The van der Waals surface area contributed by atoms with Gasteiger partial charge in [-0.05, 0) is 13.8 Å². The molecule has 6 nitrogen and oxygen atoms in total. The minimum Gasteiger partial charge on any atom is -0.388 e. The lowest BCUT2D eigenvalue weighted by Crippen LogP contribution is -2.44. The zero-order valence-electron chi connectivity index (χ0n) is 11.5. The summed E-state index contributed by atoms with van der Waals surface area (Å²) >= 11 is 0. The van der Waals surface area contributed by atoms with E-state index in [-0.39, 0.29) is 0 Å². The maximum Gasteiger partial charge on any atom is 0.134 e. The summed E-state index contributed by atoms with van der Waals surface area (Å²) in [6.07, 6.45) is 0. The maximum atomic E-state index is 5.70. The smallest absolute Gasteiger partial charge is 0.134 e. The zero-order valence-corrected chi connectivity index (χ0v) is 11.5. The van der Waals surface area contributed by atoms with Crippen molar-refractivity contribution in [3.63, 3.8) is 0 Å². The molecule has 0 saturated carbocycles. The van der Waals surface area contributed by atoms with Gasteiger partial charge in [0.05, 0.1) is 19.3 Å². The van der Waals surface area contributed by atoms with Gasteiger partial charge in [-0.1, -0.05) is 0 Å². The van der Waals surface area contributed by atoms with Gasteiger partial charge in [0.15, 0.2) is 0 Å². The monoisotopic (exact) mass is 254 g/mol. The van der Waals surface area contributed by atoms with E-state index in [1.165, 1.54) is 0 Å². The lowest BCUT2D eigenvalue weighted by molar-refractivity contribution is 0.0985. The fourth-order valence-electron chi connectivity index (χ4n) is 1.79. The fraction of sp³-hybridized carbons (Fsp3) is 0.667. The molecule has 18 heavy (non-hydrogen) atoms. The molecule has 1 fully saturated rings. The van der Waals surface area contributed by atoms with Crippen molar-refractivity contribution >= 4 is 11.6 Å². The molecule has 102 valence electrons. The van der Waals surface area contributed by atoms with E-state index < -0.39 is 0 Å². The second-order valence-electron chi connectivity index (χ2n) is 4.22. The summed E-state index contributed by atoms with van der Waals surface area (Å²) in [5, 5.41) is 0. The topological polar surface area (TPSA) is 73.5 Å². The molecule has 1 aliphatic rings. The van der Waals surface area contributed by atoms with Crippen molar-refractivity contribution in [3.8, 4) is 0 Å². The molecule has 0 aliphatic carbocycles. The number of aryl methyl sites for hydroxylation is 1. The zero-order chi connectivity index (χ0) is 13.5. The standard InChI is InChI=1S/C10H16N4O.C2H6O/c1-7-6-15-4-3-14(7)10-5-9(11)12-8(2)13-10;1-3-2/h5,7H,3-4,6H2,1-2H3,(H2,11,12,13);1-2H3. The molecule has 1 atom stereocenters. The molecule has 1 aliphatic heterocycles. The van der Waals surface area contributed by atoms with Crippen LogP contribution < -0.4 is 10.6 Å². The molecular weight excluding hydrogens is 232 g/mol. The largest absolute Gasteiger partial charge is 0.388 e. The Hall–Kier alpha value is -1.40. The van der Waals surface area contributed by atoms with E-state index in [1.807, 2.05) is 13.0 Å². The second-order valence-corrected chi connectivity index (χ2v) is 4.22. The Labute approximate surface area is 108 Å². The summed E-state index contributed by atoms with van der Waals surface area (Å²) < 4.78 is 9.63. The predicted octanol–water partition coefficient (Wildman–Crippen LogP) is 0.855. The third-order valence-electron chi connectivity index (χ3n) is 2.51. The highest BCUT2D eigenvalue weighted by Gasteiger charge is 2.20. The highest BCUT2D eigenvalue weighted by Crippen LogP contribution is 2.18. The number of nitrogens with two attached hydrogens (primary N) is 1. The molecule has 0 spiro atoms. The van der Waals surface area contributed by atoms with E-state index in [4.69, 9.17) is 10.5 Å². The van der Waals surface area contributed by atoms with E-state index in [2.05, 4.69) is 26.5 Å². The Morgan fingerprint density at radius 2 is 2.11 bits per heavy atom. The molecule has 1 aromatic heterocycles. The van der Waals surface area contributed by atoms with Crippen LogP contribution in [0.4, 0.5) is 11.6 Å². The number of hydrogen-bond acceptors (Lipinski definition) is 6. The molecule has 1 aromatic rings. The van der Waals surface area contributed by atoms with E-state index in [0.29, 0.717) is 17.7 Å². The van der Waals surface area contributed by atoms with Crippen molar-refractivity contribution < 1.29 is 9.47 Å².